The van der Waals surface area contributed by atoms with Crippen LogP contribution in [0.4, 0.5) is 5.69 Å². The third kappa shape index (κ3) is 2.49. The van der Waals surface area contributed by atoms with E-state index in [4.69, 9.17) is 4.98 Å². The second kappa shape index (κ2) is 5.70. The Bertz CT molecular complexity index is 836. The molecule has 0 spiro atoms. The lowest BCUT2D eigenvalue weighted by molar-refractivity contribution is 0.501. The summed E-state index contributed by atoms with van der Waals surface area (Å²) in [4.78, 5) is 7.29. The van der Waals surface area contributed by atoms with Gasteiger partial charge in [0.2, 0.25) is 0 Å². The van der Waals surface area contributed by atoms with Crippen LogP contribution < -0.4 is 10.2 Å². The van der Waals surface area contributed by atoms with E-state index < -0.39 is 0 Å². The summed E-state index contributed by atoms with van der Waals surface area (Å²) >= 11 is 0. The molecule has 0 saturated carbocycles. The maximum absolute atomic E-state index is 4.82. The molecule has 4 heteroatoms. The number of benzene rings is 2. The monoisotopic (exact) mass is 306 g/mol. The number of aryl methyl sites for hydroxylation is 1. The SMILES string of the molecule is CC1CNCCN1c1cccc(-c2nc3ccccc3n2C)c1. The Kier molecular flexibility index (Phi) is 3.54. The fourth-order valence-electron chi connectivity index (χ4n) is 3.45. The van der Waals surface area contributed by atoms with E-state index in [0.29, 0.717) is 6.04 Å². The number of nitrogens with zero attached hydrogens (tertiary/aromatic N) is 3. The topological polar surface area (TPSA) is 33.1 Å². The van der Waals surface area contributed by atoms with Crippen LogP contribution in [0.1, 0.15) is 6.92 Å². The van der Waals surface area contributed by atoms with Gasteiger partial charge in [0.1, 0.15) is 5.82 Å². The Labute approximate surface area is 136 Å². The highest BCUT2D eigenvalue weighted by atomic mass is 15.2. The highest BCUT2D eigenvalue weighted by molar-refractivity contribution is 5.81. The quantitative estimate of drug-likeness (QED) is 0.790. The van der Waals surface area contributed by atoms with E-state index in [1.165, 1.54) is 16.8 Å². The fraction of sp³-hybridized carbons (Fsp3) is 0.316. The van der Waals surface area contributed by atoms with E-state index in [1.807, 2.05) is 6.07 Å². The number of imidazole rings is 1. The number of rotatable bonds is 2. The number of aromatic nitrogens is 2. The third-order valence-electron chi connectivity index (χ3n) is 4.72. The van der Waals surface area contributed by atoms with Crippen molar-refractivity contribution >= 4 is 16.7 Å². The molecule has 0 aliphatic carbocycles. The first-order valence-corrected chi connectivity index (χ1v) is 8.23. The van der Waals surface area contributed by atoms with Crippen LogP contribution in [0.25, 0.3) is 22.4 Å². The van der Waals surface area contributed by atoms with Crippen molar-refractivity contribution in [3.63, 3.8) is 0 Å². The molecule has 1 saturated heterocycles. The van der Waals surface area contributed by atoms with E-state index in [9.17, 15) is 0 Å². The number of hydrogen-bond acceptors (Lipinski definition) is 3. The number of para-hydroxylation sites is 2. The number of anilines is 1. The molecule has 1 atom stereocenters. The average molecular weight is 306 g/mol. The summed E-state index contributed by atoms with van der Waals surface area (Å²) in [5.41, 5.74) is 4.67. The van der Waals surface area contributed by atoms with Gasteiger partial charge >= 0.3 is 0 Å². The molecule has 4 rings (SSSR count). The van der Waals surface area contributed by atoms with Gasteiger partial charge < -0.3 is 14.8 Å². The number of nitrogens with one attached hydrogen (secondary N) is 1. The van der Waals surface area contributed by atoms with Gasteiger partial charge in [0, 0.05) is 44.0 Å². The van der Waals surface area contributed by atoms with Crippen molar-refractivity contribution in [3.05, 3.63) is 48.5 Å². The molecule has 1 N–H and O–H groups in total. The van der Waals surface area contributed by atoms with Gasteiger partial charge in [-0.2, -0.15) is 0 Å². The van der Waals surface area contributed by atoms with Crippen molar-refractivity contribution in [2.75, 3.05) is 24.5 Å². The van der Waals surface area contributed by atoms with Crippen LogP contribution in [0.2, 0.25) is 0 Å². The molecule has 1 aliphatic rings. The molecule has 1 unspecified atom stereocenters. The minimum atomic E-state index is 0.513. The molecule has 4 nitrogen and oxygen atoms in total. The second-order valence-corrected chi connectivity index (χ2v) is 6.28. The van der Waals surface area contributed by atoms with E-state index in [-0.39, 0.29) is 0 Å². The normalized spacial score (nSPS) is 18.5. The average Bonchev–Trinajstić information content (AvgIpc) is 2.93. The van der Waals surface area contributed by atoms with Crippen molar-refractivity contribution in [2.45, 2.75) is 13.0 Å². The van der Waals surface area contributed by atoms with Gasteiger partial charge in [0.15, 0.2) is 0 Å². The van der Waals surface area contributed by atoms with E-state index in [0.717, 1.165) is 31.0 Å². The van der Waals surface area contributed by atoms with Crippen LogP contribution in [-0.4, -0.2) is 35.2 Å². The van der Waals surface area contributed by atoms with Crippen LogP contribution >= 0.6 is 0 Å². The van der Waals surface area contributed by atoms with Gasteiger partial charge in [-0.1, -0.05) is 24.3 Å². The number of hydrogen-bond donors (Lipinski definition) is 1. The summed E-state index contributed by atoms with van der Waals surface area (Å²) in [7, 11) is 2.09. The summed E-state index contributed by atoms with van der Waals surface area (Å²) in [6.07, 6.45) is 0. The number of fused-ring (bicyclic) bond motifs is 1. The first kappa shape index (κ1) is 14.3. The van der Waals surface area contributed by atoms with E-state index in [1.54, 1.807) is 0 Å². The molecule has 1 aromatic heterocycles. The summed E-state index contributed by atoms with van der Waals surface area (Å²) in [6.45, 7) is 5.40. The predicted molar refractivity (Wildman–Crippen MR) is 95.8 cm³/mol. The summed E-state index contributed by atoms with van der Waals surface area (Å²) in [6, 6.07) is 17.6. The molecule has 23 heavy (non-hydrogen) atoms. The molecule has 0 bridgehead atoms. The van der Waals surface area contributed by atoms with Gasteiger partial charge in [-0.3, -0.25) is 0 Å². The Morgan fingerprint density at radius 1 is 1.13 bits per heavy atom. The predicted octanol–water partition coefficient (Wildman–Crippen LogP) is 3.04. The Hall–Kier alpha value is -2.33. The molecular formula is C19H22N4. The molecule has 1 fully saturated rings. The lowest BCUT2D eigenvalue weighted by atomic mass is 10.1. The van der Waals surface area contributed by atoms with E-state index in [2.05, 4.69) is 71.2 Å². The lowest BCUT2D eigenvalue weighted by Gasteiger charge is -2.36. The summed E-state index contributed by atoms with van der Waals surface area (Å²) in [5, 5.41) is 3.45. The van der Waals surface area contributed by atoms with Crippen LogP contribution in [0.15, 0.2) is 48.5 Å². The highest BCUT2D eigenvalue weighted by Crippen LogP contribution is 2.28. The highest BCUT2D eigenvalue weighted by Gasteiger charge is 2.19. The van der Waals surface area contributed by atoms with Crippen LogP contribution in [0.3, 0.4) is 0 Å². The van der Waals surface area contributed by atoms with Gasteiger partial charge in [-0.05, 0) is 31.2 Å². The van der Waals surface area contributed by atoms with E-state index >= 15 is 0 Å². The number of piperazine rings is 1. The summed E-state index contributed by atoms with van der Waals surface area (Å²) in [5.74, 6) is 1.02. The minimum Gasteiger partial charge on any atom is -0.366 e. The van der Waals surface area contributed by atoms with Gasteiger partial charge in [0.25, 0.3) is 0 Å². The van der Waals surface area contributed by atoms with Crippen molar-refractivity contribution < 1.29 is 0 Å². The van der Waals surface area contributed by atoms with Crippen LogP contribution in [0.5, 0.6) is 0 Å². The lowest BCUT2D eigenvalue weighted by Crippen LogP contribution is -2.49. The van der Waals surface area contributed by atoms with Crippen molar-refractivity contribution in [2.24, 2.45) is 7.05 Å². The minimum absolute atomic E-state index is 0.513. The van der Waals surface area contributed by atoms with Crippen molar-refractivity contribution in [3.8, 4) is 11.4 Å². The second-order valence-electron chi connectivity index (χ2n) is 6.28. The maximum Gasteiger partial charge on any atom is 0.140 e. The standard InChI is InChI=1S/C19H22N4/c1-14-13-20-10-11-23(14)16-7-5-6-15(12-16)19-21-17-8-3-4-9-18(17)22(19)2/h3-9,12,14,20H,10-11,13H2,1-2H3. The van der Waals surface area contributed by atoms with Crippen molar-refractivity contribution in [1.29, 1.82) is 0 Å². The molecule has 0 radical (unpaired) electrons. The molecule has 3 aromatic rings. The van der Waals surface area contributed by atoms with Gasteiger partial charge in [-0.25, -0.2) is 4.98 Å². The smallest absolute Gasteiger partial charge is 0.140 e. The third-order valence-corrected chi connectivity index (χ3v) is 4.72. The molecule has 2 heterocycles. The largest absolute Gasteiger partial charge is 0.366 e. The Morgan fingerprint density at radius 2 is 2.00 bits per heavy atom. The van der Waals surface area contributed by atoms with Gasteiger partial charge in [-0.15, -0.1) is 0 Å². The molecule has 2 aromatic carbocycles. The summed E-state index contributed by atoms with van der Waals surface area (Å²) < 4.78 is 2.18. The molecule has 0 amide bonds. The first-order valence-electron chi connectivity index (χ1n) is 8.23. The zero-order valence-electron chi connectivity index (χ0n) is 13.7. The molecular weight excluding hydrogens is 284 g/mol. The van der Waals surface area contributed by atoms with Crippen LogP contribution in [0, 0.1) is 0 Å². The first-order chi connectivity index (χ1) is 11.2. The zero-order chi connectivity index (χ0) is 15.8. The van der Waals surface area contributed by atoms with Gasteiger partial charge in [0.05, 0.1) is 11.0 Å². The Morgan fingerprint density at radius 3 is 2.83 bits per heavy atom. The Balaban J connectivity index is 1.77. The maximum atomic E-state index is 4.82. The fourth-order valence-corrected chi connectivity index (χ4v) is 3.45. The zero-order valence-corrected chi connectivity index (χ0v) is 13.7. The molecule has 1 aliphatic heterocycles. The molecule has 118 valence electrons. The van der Waals surface area contributed by atoms with Crippen LogP contribution in [-0.2, 0) is 7.05 Å². The van der Waals surface area contributed by atoms with Crippen molar-refractivity contribution in [1.82, 2.24) is 14.9 Å².